The summed E-state index contributed by atoms with van der Waals surface area (Å²) < 4.78 is 5.20. The first-order valence-electron chi connectivity index (χ1n) is 5.84. The van der Waals surface area contributed by atoms with Gasteiger partial charge in [0, 0.05) is 0 Å². The fourth-order valence-electron chi connectivity index (χ4n) is 2.11. The fourth-order valence-corrected chi connectivity index (χ4v) is 2.11. The standard InChI is InChI=1S/C14H22O2/c1-6-7-8-16-13(15)12-11(9-10(2)3)14(12,4)5/h6-7,9,11-12H,8H2,1-5H3/b7-6+/t11-,12+/m1/s1. The van der Waals surface area contributed by atoms with E-state index in [9.17, 15) is 4.79 Å². The molecule has 0 heterocycles. The van der Waals surface area contributed by atoms with E-state index in [4.69, 9.17) is 4.74 Å². The first kappa shape index (κ1) is 13.0. The Morgan fingerprint density at radius 1 is 1.38 bits per heavy atom. The van der Waals surface area contributed by atoms with E-state index in [0.29, 0.717) is 12.5 Å². The zero-order valence-corrected chi connectivity index (χ0v) is 10.9. The predicted molar refractivity (Wildman–Crippen MR) is 66.0 cm³/mol. The van der Waals surface area contributed by atoms with Crippen molar-refractivity contribution < 1.29 is 9.53 Å². The average Bonchev–Trinajstić information content (AvgIpc) is 2.67. The molecule has 1 rings (SSSR count). The maximum absolute atomic E-state index is 11.8. The molecule has 2 atom stereocenters. The van der Waals surface area contributed by atoms with Crippen molar-refractivity contribution in [1.82, 2.24) is 0 Å². The molecule has 0 spiro atoms. The van der Waals surface area contributed by atoms with E-state index in [0.717, 1.165) is 0 Å². The first-order valence-corrected chi connectivity index (χ1v) is 5.84. The Morgan fingerprint density at radius 3 is 2.50 bits per heavy atom. The maximum Gasteiger partial charge on any atom is 0.310 e. The third-order valence-electron chi connectivity index (χ3n) is 3.24. The van der Waals surface area contributed by atoms with Crippen LogP contribution < -0.4 is 0 Å². The molecule has 0 unspecified atom stereocenters. The Morgan fingerprint density at radius 2 is 2.00 bits per heavy atom. The van der Waals surface area contributed by atoms with E-state index in [1.165, 1.54) is 5.57 Å². The molecular weight excluding hydrogens is 200 g/mol. The number of esters is 1. The van der Waals surface area contributed by atoms with Crippen LogP contribution in [0.1, 0.15) is 34.6 Å². The van der Waals surface area contributed by atoms with Crippen LogP contribution in [0.25, 0.3) is 0 Å². The molecule has 0 bridgehead atoms. The van der Waals surface area contributed by atoms with E-state index >= 15 is 0 Å². The number of rotatable bonds is 4. The van der Waals surface area contributed by atoms with Crippen molar-refractivity contribution in [2.45, 2.75) is 34.6 Å². The Bertz CT molecular complexity index is 320. The van der Waals surface area contributed by atoms with Gasteiger partial charge in [0.15, 0.2) is 0 Å². The van der Waals surface area contributed by atoms with E-state index in [1.807, 2.05) is 19.1 Å². The Hall–Kier alpha value is -1.05. The largest absolute Gasteiger partial charge is 0.461 e. The monoisotopic (exact) mass is 222 g/mol. The number of hydrogen-bond acceptors (Lipinski definition) is 2. The third kappa shape index (κ3) is 2.75. The minimum Gasteiger partial charge on any atom is -0.461 e. The summed E-state index contributed by atoms with van der Waals surface area (Å²) in [6.07, 6.45) is 5.92. The number of carbonyl (C=O) groups excluding carboxylic acids is 1. The second-order valence-corrected chi connectivity index (χ2v) is 5.27. The van der Waals surface area contributed by atoms with Gasteiger partial charge in [-0.1, -0.05) is 37.6 Å². The van der Waals surface area contributed by atoms with Crippen LogP contribution in [0.2, 0.25) is 0 Å². The molecule has 0 aliphatic heterocycles. The number of carbonyl (C=O) groups is 1. The van der Waals surface area contributed by atoms with E-state index in [1.54, 1.807) is 0 Å². The van der Waals surface area contributed by atoms with Gasteiger partial charge in [-0.3, -0.25) is 4.79 Å². The number of allylic oxidation sites excluding steroid dienone is 3. The van der Waals surface area contributed by atoms with Crippen LogP contribution in [0, 0.1) is 17.3 Å². The molecule has 1 aliphatic rings. The zero-order chi connectivity index (χ0) is 12.3. The van der Waals surface area contributed by atoms with Crippen LogP contribution in [0.4, 0.5) is 0 Å². The highest BCUT2D eigenvalue weighted by Gasteiger charge is 2.61. The van der Waals surface area contributed by atoms with Crippen LogP contribution >= 0.6 is 0 Å². The van der Waals surface area contributed by atoms with Gasteiger partial charge in [-0.05, 0) is 32.1 Å². The predicted octanol–water partition coefficient (Wildman–Crippen LogP) is 3.34. The summed E-state index contributed by atoms with van der Waals surface area (Å²) in [7, 11) is 0. The molecule has 1 aliphatic carbocycles. The normalized spacial score (nSPS) is 26.6. The van der Waals surface area contributed by atoms with Gasteiger partial charge in [-0.15, -0.1) is 0 Å². The van der Waals surface area contributed by atoms with Gasteiger partial charge in [0.25, 0.3) is 0 Å². The van der Waals surface area contributed by atoms with Crippen molar-refractivity contribution in [3.63, 3.8) is 0 Å². The lowest BCUT2D eigenvalue weighted by molar-refractivity contribution is -0.144. The van der Waals surface area contributed by atoms with Gasteiger partial charge < -0.3 is 4.74 Å². The molecule has 0 N–H and O–H groups in total. The van der Waals surface area contributed by atoms with E-state index in [-0.39, 0.29) is 17.3 Å². The Labute approximate surface area is 98.4 Å². The summed E-state index contributed by atoms with van der Waals surface area (Å²) in [5.41, 5.74) is 1.33. The SMILES string of the molecule is C/C=C/COC(=O)[C@@H]1[C@@H](C=C(C)C)C1(C)C. The van der Waals surface area contributed by atoms with Crippen LogP contribution in [0.5, 0.6) is 0 Å². The molecule has 2 nitrogen and oxygen atoms in total. The van der Waals surface area contributed by atoms with E-state index in [2.05, 4.69) is 33.8 Å². The molecule has 0 amide bonds. The van der Waals surface area contributed by atoms with Crippen LogP contribution in [0.15, 0.2) is 23.8 Å². The van der Waals surface area contributed by atoms with Gasteiger partial charge >= 0.3 is 5.97 Å². The highest BCUT2D eigenvalue weighted by atomic mass is 16.5. The second kappa shape index (κ2) is 4.86. The van der Waals surface area contributed by atoms with Crippen molar-refractivity contribution >= 4 is 5.97 Å². The quantitative estimate of drug-likeness (QED) is 0.538. The first-order chi connectivity index (χ1) is 7.41. The van der Waals surface area contributed by atoms with Gasteiger partial charge in [-0.2, -0.15) is 0 Å². The second-order valence-electron chi connectivity index (χ2n) is 5.27. The molecule has 16 heavy (non-hydrogen) atoms. The van der Waals surface area contributed by atoms with Crippen LogP contribution in [0.3, 0.4) is 0 Å². The molecule has 0 aromatic rings. The van der Waals surface area contributed by atoms with E-state index < -0.39 is 0 Å². The Balaban J connectivity index is 2.55. The minimum absolute atomic E-state index is 0.0349. The molecule has 1 saturated carbocycles. The topological polar surface area (TPSA) is 26.3 Å². The average molecular weight is 222 g/mol. The van der Waals surface area contributed by atoms with Crippen molar-refractivity contribution in [2.24, 2.45) is 17.3 Å². The highest BCUT2D eigenvalue weighted by Crippen LogP contribution is 2.59. The van der Waals surface area contributed by atoms with Crippen LogP contribution in [-0.4, -0.2) is 12.6 Å². The van der Waals surface area contributed by atoms with Gasteiger partial charge in [0.05, 0.1) is 5.92 Å². The summed E-state index contributed by atoms with van der Waals surface area (Å²) >= 11 is 0. The minimum atomic E-state index is -0.0643. The number of hydrogen-bond donors (Lipinski definition) is 0. The van der Waals surface area contributed by atoms with Crippen molar-refractivity contribution in [3.8, 4) is 0 Å². The van der Waals surface area contributed by atoms with Crippen molar-refractivity contribution in [2.75, 3.05) is 6.61 Å². The summed E-state index contributed by atoms with van der Waals surface area (Å²) in [6, 6.07) is 0. The summed E-state index contributed by atoms with van der Waals surface area (Å²) in [5, 5.41) is 0. The van der Waals surface area contributed by atoms with Gasteiger partial charge in [0.2, 0.25) is 0 Å². The zero-order valence-electron chi connectivity index (χ0n) is 10.9. The van der Waals surface area contributed by atoms with Gasteiger partial charge in [0.1, 0.15) is 6.61 Å². The molecule has 0 radical (unpaired) electrons. The number of ether oxygens (including phenoxy) is 1. The smallest absolute Gasteiger partial charge is 0.310 e. The summed E-state index contributed by atoms with van der Waals surface area (Å²) in [4.78, 5) is 11.8. The summed E-state index contributed by atoms with van der Waals surface area (Å²) in [6.45, 7) is 10.7. The fraction of sp³-hybridized carbons (Fsp3) is 0.643. The summed E-state index contributed by atoms with van der Waals surface area (Å²) in [5.74, 6) is 0.314. The van der Waals surface area contributed by atoms with Crippen LogP contribution in [-0.2, 0) is 9.53 Å². The van der Waals surface area contributed by atoms with Crippen molar-refractivity contribution in [3.05, 3.63) is 23.8 Å². The Kier molecular flexibility index (Phi) is 3.95. The maximum atomic E-state index is 11.8. The third-order valence-corrected chi connectivity index (χ3v) is 3.24. The lowest BCUT2D eigenvalue weighted by Crippen LogP contribution is -2.10. The van der Waals surface area contributed by atoms with Gasteiger partial charge in [-0.25, -0.2) is 0 Å². The molecule has 0 aromatic carbocycles. The molecule has 0 saturated heterocycles. The van der Waals surface area contributed by atoms with Crippen molar-refractivity contribution in [1.29, 1.82) is 0 Å². The molecular formula is C14H22O2. The molecule has 0 aromatic heterocycles. The lowest BCUT2D eigenvalue weighted by Gasteiger charge is -2.02. The molecule has 90 valence electrons. The molecule has 2 heteroatoms. The highest BCUT2D eigenvalue weighted by molar-refractivity contribution is 5.78. The molecule has 1 fully saturated rings. The lowest BCUT2D eigenvalue weighted by atomic mass is 10.1.